The van der Waals surface area contributed by atoms with Gasteiger partial charge in [0.05, 0.1) is 30.2 Å². The quantitative estimate of drug-likeness (QED) is 0.431. The summed E-state index contributed by atoms with van der Waals surface area (Å²) in [7, 11) is 0. The molecule has 2 heterocycles. The minimum absolute atomic E-state index is 0.000561. The van der Waals surface area contributed by atoms with Gasteiger partial charge < -0.3 is 10.8 Å². The topological polar surface area (TPSA) is 125 Å². The van der Waals surface area contributed by atoms with Crippen LogP contribution in [0.1, 0.15) is 52.9 Å². The van der Waals surface area contributed by atoms with Gasteiger partial charge in [-0.1, -0.05) is 42.5 Å². The van der Waals surface area contributed by atoms with Crippen LogP contribution in [0, 0.1) is 24.2 Å². The number of rotatable bonds is 9. The summed E-state index contributed by atoms with van der Waals surface area (Å²) < 4.78 is 17.4. The Morgan fingerprint density at radius 1 is 1.23 bits per heavy atom. The van der Waals surface area contributed by atoms with Crippen LogP contribution in [-0.4, -0.2) is 50.7 Å². The Hall–Kier alpha value is -4.03. The van der Waals surface area contributed by atoms with Crippen LogP contribution in [0.5, 0.6) is 5.75 Å². The highest BCUT2D eigenvalue weighted by Crippen LogP contribution is 2.39. The smallest absolute Gasteiger partial charge is 0.252 e. The number of piperidine rings is 1. The molecule has 1 saturated carbocycles. The number of benzene rings is 2. The summed E-state index contributed by atoms with van der Waals surface area (Å²) in [4.78, 5) is 26.5. The van der Waals surface area contributed by atoms with Crippen LogP contribution < -0.4 is 5.73 Å². The Morgan fingerprint density at radius 3 is 2.62 bits per heavy atom. The number of nitrogens with zero attached hydrogens (tertiary/aromatic N) is 4. The molecule has 8 nitrogen and oxygen atoms in total. The van der Waals surface area contributed by atoms with Gasteiger partial charge in [0.2, 0.25) is 0 Å². The van der Waals surface area contributed by atoms with Crippen LogP contribution >= 0.6 is 0 Å². The van der Waals surface area contributed by atoms with Gasteiger partial charge in [-0.25, -0.2) is 4.39 Å². The molecule has 1 amide bonds. The number of nitriles is 1. The molecule has 0 bridgehead atoms. The molecule has 2 atom stereocenters. The molecule has 2 aliphatic rings. The Kier molecular flexibility index (Phi) is 7.23. The monoisotopic (exact) mass is 529 g/mol. The average molecular weight is 530 g/mol. The van der Waals surface area contributed by atoms with Crippen molar-refractivity contribution >= 4 is 11.7 Å². The zero-order valence-corrected chi connectivity index (χ0v) is 21.9. The summed E-state index contributed by atoms with van der Waals surface area (Å²) in [5, 5.41) is 25.0. The Bertz CT molecular complexity index is 1440. The molecule has 0 radical (unpaired) electrons. The van der Waals surface area contributed by atoms with Crippen LogP contribution in [0.4, 0.5) is 4.39 Å². The van der Waals surface area contributed by atoms with E-state index < -0.39 is 17.6 Å². The second kappa shape index (κ2) is 10.6. The van der Waals surface area contributed by atoms with E-state index in [1.165, 1.54) is 10.9 Å². The maximum Gasteiger partial charge on any atom is 0.252 e. The zero-order valence-electron chi connectivity index (χ0n) is 21.9. The molecule has 2 unspecified atom stereocenters. The van der Waals surface area contributed by atoms with Gasteiger partial charge in [-0.05, 0) is 42.9 Å². The van der Waals surface area contributed by atoms with Crippen molar-refractivity contribution in [3.8, 4) is 22.9 Å². The number of nitrogens with two attached hydrogens (primary N) is 1. The number of amides is 1. The number of alkyl halides is 1. The molecule has 2 fully saturated rings. The number of carbonyl (C=O) groups excluding carboxylic acids is 2. The zero-order chi connectivity index (χ0) is 27.7. The molecule has 1 saturated heterocycles. The lowest BCUT2D eigenvalue weighted by Crippen LogP contribution is -2.54. The number of aromatic hydroxyl groups is 1. The van der Waals surface area contributed by atoms with Crippen molar-refractivity contribution in [1.82, 2.24) is 14.7 Å². The Morgan fingerprint density at radius 2 is 1.97 bits per heavy atom. The van der Waals surface area contributed by atoms with Crippen LogP contribution in [0.3, 0.4) is 0 Å². The van der Waals surface area contributed by atoms with Gasteiger partial charge in [0.15, 0.2) is 0 Å². The number of hydrogen-bond donors (Lipinski definition) is 2. The number of likely N-dealkylation sites (tertiary alicyclic amines) is 1. The lowest BCUT2D eigenvalue weighted by Gasteiger charge is -2.43. The van der Waals surface area contributed by atoms with Crippen molar-refractivity contribution in [2.75, 3.05) is 13.1 Å². The van der Waals surface area contributed by atoms with Crippen molar-refractivity contribution in [1.29, 1.82) is 5.26 Å². The first-order valence-corrected chi connectivity index (χ1v) is 13.2. The standard InChI is InChI=1S/C30H32FN5O3/c1-19-22(9-10-23(28(19)38)20-5-3-2-4-6-20)16-35-14-12-30(11-13-32,27(31)18-35)36-17-24(29(33)39)25(34-36)15-26(37)21-7-8-21/h2-6,9-10,17,21,27,38H,7-8,11-12,14-16,18H2,1H3,(H2,33,39). The Balaban J connectivity index is 1.36. The third-order valence-electron chi connectivity index (χ3n) is 8.16. The maximum absolute atomic E-state index is 16.1. The van der Waals surface area contributed by atoms with E-state index in [1.807, 2.05) is 54.3 Å². The van der Waals surface area contributed by atoms with Crippen LogP contribution in [-0.2, 0) is 23.3 Å². The fourth-order valence-electron chi connectivity index (χ4n) is 5.51. The molecule has 1 aliphatic heterocycles. The molecule has 3 N–H and O–H groups in total. The lowest BCUT2D eigenvalue weighted by molar-refractivity contribution is -0.119. The summed E-state index contributed by atoms with van der Waals surface area (Å²) in [6.45, 7) is 2.81. The molecule has 9 heteroatoms. The Labute approximate surface area is 226 Å². The van der Waals surface area contributed by atoms with Crippen LogP contribution in [0.25, 0.3) is 11.1 Å². The number of carbonyl (C=O) groups is 2. The molecule has 1 aromatic heterocycles. The van der Waals surface area contributed by atoms with Crippen molar-refractivity contribution < 1.29 is 19.1 Å². The highest BCUT2D eigenvalue weighted by Gasteiger charge is 2.47. The second-order valence-corrected chi connectivity index (χ2v) is 10.7. The maximum atomic E-state index is 16.1. The van der Waals surface area contributed by atoms with E-state index in [4.69, 9.17) is 5.73 Å². The summed E-state index contributed by atoms with van der Waals surface area (Å²) in [5.41, 5.74) is 7.93. The molecule has 202 valence electrons. The number of phenols is 1. The highest BCUT2D eigenvalue weighted by atomic mass is 19.1. The van der Waals surface area contributed by atoms with Gasteiger partial charge in [0.1, 0.15) is 23.2 Å². The van der Waals surface area contributed by atoms with E-state index in [2.05, 4.69) is 11.2 Å². The molecule has 39 heavy (non-hydrogen) atoms. The largest absolute Gasteiger partial charge is 0.507 e. The summed E-state index contributed by atoms with van der Waals surface area (Å²) in [5.74, 6) is -0.532. The number of ketones is 1. The minimum atomic E-state index is -1.46. The van der Waals surface area contributed by atoms with Gasteiger partial charge in [0, 0.05) is 37.3 Å². The number of halogens is 1. The molecular formula is C30H32FN5O3. The average Bonchev–Trinajstić information content (AvgIpc) is 3.69. The number of hydrogen-bond acceptors (Lipinski definition) is 6. The molecular weight excluding hydrogens is 497 g/mol. The molecule has 0 spiro atoms. The number of Topliss-reactive ketones (excluding diaryl/α,β-unsaturated/α-hetero) is 1. The SMILES string of the molecule is Cc1c(CN2CCC(CC#N)(n3cc(C(N)=O)c(CC(=O)C4CC4)n3)C(F)C2)ccc(-c2ccccc2)c1O. The van der Waals surface area contributed by atoms with Crippen molar-refractivity contribution in [3.63, 3.8) is 0 Å². The third kappa shape index (κ3) is 5.17. The van der Waals surface area contributed by atoms with Gasteiger partial charge in [-0.3, -0.25) is 19.2 Å². The van der Waals surface area contributed by atoms with Gasteiger partial charge in [-0.15, -0.1) is 0 Å². The number of phenolic OH excluding ortho intramolecular Hbond substituents is 1. The first-order chi connectivity index (χ1) is 18.7. The predicted molar refractivity (Wildman–Crippen MR) is 143 cm³/mol. The van der Waals surface area contributed by atoms with E-state index >= 15 is 4.39 Å². The van der Waals surface area contributed by atoms with Crippen LogP contribution in [0.2, 0.25) is 0 Å². The lowest BCUT2D eigenvalue weighted by atomic mass is 9.83. The highest BCUT2D eigenvalue weighted by molar-refractivity contribution is 5.95. The fourth-order valence-corrected chi connectivity index (χ4v) is 5.51. The number of primary amides is 1. The summed E-state index contributed by atoms with van der Waals surface area (Å²) in [6, 6.07) is 15.6. The van der Waals surface area contributed by atoms with E-state index in [0.717, 1.165) is 35.1 Å². The van der Waals surface area contributed by atoms with Gasteiger partial charge in [0.25, 0.3) is 5.91 Å². The van der Waals surface area contributed by atoms with E-state index in [0.29, 0.717) is 13.1 Å². The fraction of sp³-hybridized carbons (Fsp3) is 0.400. The van der Waals surface area contributed by atoms with Gasteiger partial charge in [-0.2, -0.15) is 10.4 Å². The van der Waals surface area contributed by atoms with E-state index in [1.54, 1.807) is 0 Å². The first-order valence-electron chi connectivity index (χ1n) is 13.2. The van der Waals surface area contributed by atoms with E-state index in [-0.39, 0.29) is 54.5 Å². The molecule has 5 rings (SSSR count). The van der Waals surface area contributed by atoms with Crippen molar-refractivity contribution in [3.05, 3.63) is 71.0 Å². The van der Waals surface area contributed by atoms with Crippen LogP contribution in [0.15, 0.2) is 48.7 Å². The molecule has 3 aromatic rings. The van der Waals surface area contributed by atoms with Crippen molar-refractivity contribution in [2.24, 2.45) is 11.7 Å². The molecule has 1 aliphatic carbocycles. The number of aromatic nitrogens is 2. The summed E-state index contributed by atoms with van der Waals surface area (Å²) in [6.07, 6.45) is 1.73. The minimum Gasteiger partial charge on any atom is -0.507 e. The molecule has 2 aromatic carbocycles. The normalized spacial score (nSPS) is 21.4. The third-order valence-corrected chi connectivity index (χ3v) is 8.16. The van der Waals surface area contributed by atoms with Gasteiger partial charge >= 0.3 is 0 Å². The second-order valence-electron chi connectivity index (χ2n) is 10.7. The summed E-state index contributed by atoms with van der Waals surface area (Å²) >= 11 is 0. The van der Waals surface area contributed by atoms with E-state index in [9.17, 15) is 20.0 Å². The van der Waals surface area contributed by atoms with Crippen molar-refractivity contribution in [2.45, 2.75) is 57.3 Å². The first kappa shape index (κ1) is 26.6. The predicted octanol–water partition coefficient (Wildman–Crippen LogP) is 4.04.